The number of carbonyl (C=O) groups is 1. The van der Waals surface area contributed by atoms with Gasteiger partial charge < -0.3 is 9.84 Å². The molecule has 1 N–H and O–H groups in total. The van der Waals surface area contributed by atoms with Crippen LogP contribution in [0, 0.1) is 0 Å². The van der Waals surface area contributed by atoms with E-state index >= 15 is 0 Å². The van der Waals surface area contributed by atoms with E-state index in [9.17, 15) is 4.79 Å². The number of halogens is 1. The molecule has 0 fully saturated rings. The lowest BCUT2D eigenvalue weighted by atomic mass is 9.99. The highest BCUT2D eigenvalue weighted by Crippen LogP contribution is 2.28. The molecule has 0 aromatic heterocycles. The summed E-state index contributed by atoms with van der Waals surface area (Å²) in [6.07, 6.45) is 0.755. The molecule has 0 aliphatic carbocycles. The Morgan fingerprint density at radius 3 is 2.53 bits per heavy atom. The first-order valence-corrected chi connectivity index (χ1v) is 5.75. The first kappa shape index (κ1) is 12.0. The number of hydrogen-bond acceptors (Lipinski definition) is 2. The number of rotatable bonds is 4. The van der Waals surface area contributed by atoms with E-state index in [0.29, 0.717) is 10.9 Å². The molecule has 1 aromatic rings. The summed E-state index contributed by atoms with van der Waals surface area (Å²) in [6, 6.07) is 3.28. The number of benzene rings is 1. The molecule has 0 saturated heterocycles. The van der Waals surface area contributed by atoms with E-state index in [0.717, 1.165) is 23.3 Å². The van der Waals surface area contributed by atoms with Crippen LogP contribution in [0.4, 0.5) is 0 Å². The number of alkyl halides is 1. The van der Waals surface area contributed by atoms with E-state index in [1.54, 1.807) is 19.2 Å². The normalized spacial score (nSPS) is 10.1. The van der Waals surface area contributed by atoms with Gasteiger partial charge in [0.15, 0.2) is 0 Å². The SMILES string of the molecule is CCc1c(OC)ccc(C(=O)O)c1CBr. The van der Waals surface area contributed by atoms with Gasteiger partial charge in [-0.2, -0.15) is 0 Å². The number of carboxylic acids is 1. The number of aromatic carboxylic acids is 1. The first-order valence-electron chi connectivity index (χ1n) is 4.63. The van der Waals surface area contributed by atoms with Crippen LogP contribution in [0.25, 0.3) is 0 Å². The lowest BCUT2D eigenvalue weighted by Crippen LogP contribution is -2.05. The maximum absolute atomic E-state index is 11.0. The third-order valence-electron chi connectivity index (χ3n) is 2.33. The molecule has 0 radical (unpaired) electrons. The van der Waals surface area contributed by atoms with E-state index in [4.69, 9.17) is 9.84 Å². The first-order chi connectivity index (χ1) is 7.15. The average Bonchev–Trinajstić information content (AvgIpc) is 2.26. The maximum atomic E-state index is 11.0. The van der Waals surface area contributed by atoms with Gasteiger partial charge in [-0.1, -0.05) is 22.9 Å². The van der Waals surface area contributed by atoms with Crippen LogP contribution in [0.15, 0.2) is 12.1 Å². The van der Waals surface area contributed by atoms with Gasteiger partial charge in [-0.25, -0.2) is 4.79 Å². The fourth-order valence-electron chi connectivity index (χ4n) is 1.60. The molecule has 82 valence electrons. The summed E-state index contributed by atoms with van der Waals surface area (Å²) in [6.45, 7) is 1.98. The van der Waals surface area contributed by atoms with Crippen LogP contribution >= 0.6 is 15.9 Å². The van der Waals surface area contributed by atoms with Gasteiger partial charge in [0, 0.05) is 5.33 Å². The van der Waals surface area contributed by atoms with Gasteiger partial charge in [0.1, 0.15) is 5.75 Å². The molecule has 1 aromatic carbocycles. The van der Waals surface area contributed by atoms with Crippen molar-refractivity contribution in [1.29, 1.82) is 0 Å². The van der Waals surface area contributed by atoms with Crippen molar-refractivity contribution in [3.8, 4) is 5.75 Å². The van der Waals surface area contributed by atoms with Gasteiger partial charge in [-0.05, 0) is 29.7 Å². The molecular weight excluding hydrogens is 260 g/mol. The zero-order valence-corrected chi connectivity index (χ0v) is 10.3. The predicted octanol–water partition coefficient (Wildman–Crippen LogP) is 2.85. The third kappa shape index (κ3) is 2.31. The number of carboxylic acid groups (broad SMARTS) is 1. The highest BCUT2D eigenvalue weighted by atomic mass is 79.9. The third-order valence-corrected chi connectivity index (χ3v) is 2.89. The molecule has 0 aliphatic heterocycles. The molecule has 0 saturated carbocycles. The molecule has 1 rings (SSSR count). The van der Waals surface area contributed by atoms with Crippen molar-refractivity contribution >= 4 is 21.9 Å². The summed E-state index contributed by atoms with van der Waals surface area (Å²) < 4.78 is 5.20. The summed E-state index contributed by atoms with van der Waals surface area (Å²) in [7, 11) is 1.59. The Kier molecular flexibility index (Phi) is 4.15. The van der Waals surface area contributed by atoms with Gasteiger partial charge in [0.25, 0.3) is 0 Å². The topological polar surface area (TPSA) is 46.5 Å². The monoisotopic (exact) mass is 272 g/mol. The minimum Gasteiger partial charge on any atom is -0.496 e. The van der Waals surface area contributed by atoms with Crippen LogP contribution in [-0.4, -0.2) is 18.2 Å². The van der Waals surface area contributed by atoms with Crippen molar-refractivity contribution in [2.45, 2.75) is 18.7 Å². The number of hydrogen-bond donors (Lipinski definition) is 1. The van der Waals surface area contributed by atoms with Gasteiger partial charge in [0.05, 0.1) is 12.7 Å². The zero-order valence-electron chi connectivity index (χ0n) is 8.71. The van der Waals surface area contributed by atoms with Crippen molar-refractivity contribution in [3.63, 3.8) is 0 Å². The summed E-state index contributed by atoms with van der Waals surface area (Å²) >= 11 is 3.31. The summed E-state index contributed by atoms with van der Waals surface area (Å²) in [4.78, 5) is 11.0. The Morgan fingerprint density at radius 2 is 2.13 bits per heavy atom. The minimum atomic E-state index is -0.901. The Balaban J connectivity index is 3.40. The summed E-state index contributed by atoms with van der Waals surface area (Å²) in [5.41, 5.74) is 2.09. The molecule has 0 atom stereocenters. The van der Waals surface area contributed by atoms with Crippen molar-refractivity contribution in [2.24, 2.45) is 0 Å². The van der Waals surface area contributed by atoms with Crippen LogP contribution in [0.2, 0.25) is 0 Å². The molecule has 0 bridgehead atoms. The predicted molar refractivity (Wildman–Crippen MR) is 62.0 cm³/mol. The van der Waals surface area contributed by atoms with E-state index in [2.05, 4.69) is 15.9 Å². The Morgan fingerprint density at radius 1 is 1.47 bits per heavy atom. The second-order valence-electron chi connectivity index (χ2n) is 3.06. The van der Waals surface area contributed by atoms with E-state index in [1.807, 2.05) is 6.92 Å². The smallest absolute Gasteiger partial charge is 0.336 e. The van der Waals surface area contributed by atoms with Gasteiger partial charge >= 0.3 is 5.97 Å². The Labute approximate surface area is 97.2 Å². The second-order valence-corrected chi connectivity index (χ2v) is 3.63. The van der Waals surface area contributed by atoms with Crippen LogP contribution in [0.3, 0.4) is 0 Å². The van der Waals surface area contributed by atoms with Crippen molar-refractivity contribution in [3.05, 3.63) is 28.8 Å². The minimum absolute atomic E-state index is 0.338. The van der Waals surface area contributed by atoms with Crippen LogP contribution < -0.4 is 4.74 Å². The quantitative estimate of drug-likeness (QED) is 0.858. The molecule has 0 unspecified atom stereocenters. The molecule has 0 amide bonds. The van der Waals surface area contributed by atoms with E-state index < -0.39 is 5.97 Å². The lowest BCUT2D eigenvalue weighted by Gasteiger charge is -2.13. The standard InChI is InChI=1S/C11H13BrO3/c1-3-7-9(6-12)8(11(13)14)4-5-10(7)15-2/h4-5H,3,6H2,1-2H3,(H,13,14). The second kappa shape index (κ2) is 5.16. The van der Waals surface area contributed by atoms with Crippen molar-refractivity contribution < 1.29 is 14.6 Å². The number of methoxy groups -OCH3 is 1. The van der Waals surface area contributed by atoms with Gasteiger partial charge in [0.2, 0.25) is 0 Å². The largest absolute Gasteiger partial charge is 0.496 e. The maximum Gasteiger partial charge on any atom is 0.336 e. The fraction of sp³-hybridized carbons (Fsp3) is 0.364. The van der Waals surface area contributed by atoms with E-state index in [1.165, 1.54) is 0 Å². The molecule has 15 heavy (non-hydrogen) atoms. The summed E-state index contributed by atoms with van der Waals surface area (Å²) in [5.74, 6) is -0.154. The zero-order chi connectivity index (χ0) is 11.4. The highest BCUT2D eigenvalue weighted by molar-refractivity contribution is 9.08. The molecule has 4 heteroatoms. The Bertz CT molecular complexity index is 374. The highest BCUT2D eigenvalue weighted by Gasteiger charge is 2.15. The van der Waals surface area contributed by atoms with Crippen LogP contribution in [0.1, 0.15) is 28.4 Å². The van der Waals surface area contributed by atoms with E-state index in [-0.39, 0.29) is 0 Å². The molecular formula is C11H13BrO3. The van der Waals surface area contributed by atoms with Crippen molar-refractivity contribution in [1.82, 2.24) is 0 Å². The van der Waals surface area contributed by atoms with Crippen LogP contribution in [0.5, 0.6) is 5.75 Å². The molecule has 0 spiro atoms. The summed E-state index contributed by atoms with van der Waals surface area (Å²) in [5, 5.41) is 9.54. The van der Waals surface area contributed by atoms with Gasteiger partial charge in [-0.15, -0.1) is 0 Å². The Hall–Kier alpha value is -1.03. The lowest BCUT2D eigenvalue weighted by molar-refractivity contribution is 0.0696. The fourth-order valence-corrected chi connectivity index (χ4v) is 2.24. The average molecular weight is 273 g/mol. The number of ether oxygens (including phenoxy) is 1. The van der Waals surface area contributed by atoms with Gasteiger partial charge in [-0.3, -0.25) is 0 Å². The molecule has 0 aliphatic rings. The molecule has 3 nitrogen and oxygen atoms in total. The van der Waals surface area contributed by atoms with Crippen LogP contribution in [-0.2, 0) is 11.8 Å². The molecule has 0 heterocycles. The van der Waals surface area contributed by atoms with Crippen molar-refractivity contribution in [2.75, 3.05) is 7.11 Å².